The molecule has 4 heterocycles. The average molecular weight is 1470 g/mol. The predicted molar refractivity (Wildman–Crippen MR) is 402 cm³/mol. The van der Waals surface area contributed by atoms with Crippen LogP contribution >= 0.6 is 71.1 Å². The number of nitrogens with zero attached hydrogens (tertiary/aromatic N) is 4. The van der Waals surface area contributed by atoms with Crippen LogP contribution in [0.2, 0.25) is 0 Å². The molecule has 0 spiro atoms. The molecule has 4 amide bonds. The second-order valence-electron chi connectivity index (χ2n) is 24.8. The lowest BCUT2D eigenvalue weighted by molar-refractivity contribution is -0.151. The Hall–Kier alpha value is -7.69. The van der Waals surface area contributed by atoms with E-state index in [2.05, 4.69) is 64.6 Å². The quantitative estimate of drug-likeness (QED) is 0.0176. The first-order chi connectivity index (χ1) is 46.9. The van der Waals surface area contributed by atoms with Gasteiger partial charge in [0.1, 0.15) is 60.3 Å². The number of Topliss-reactive ketones (excluding diaryl/α,β-unsaturated/α-hetero) is 2. The second-order valence-corrected chi connectivity index (χ2v) is 30.0. The van der Waals surface area contributed by atoms with Gasteiger partial charge in [0.2, 0.25) is 11.8 Å². The number of ether oxygens (including phenoxy) is 3. The zero-order chi connectivity index (χ0) is 73.1. The third-order valence-corrected chi connectivity index (χ3v) is 20.2. The lowest BCUT2D eigenvalue weighted by Gasteiger charge is -2.24. The van der Waals surface area contributed by atoms with Gasteiger partial charge in [0.25, 0.3) is 0 Å². The van der Waals surface area contributed by atoms with Gasteiger partial charge in [-0.2, -0.15) is 0 Å². The monoisotopic (exact) mass is 1460 g/mol. The third kappa shape index (κ3) is 26.4. The number of carbonyl (C=O) groups is 8. The van der Waals surface area contributed by atoms with E-state index in [-0.39, 0.29) is 79.7 Å². The number of hydrogen-bond acceptors (Lipinski definition) is 21. The van der Waals surface area contributed by atoms with E-state index in [4.69, 9.17) is 43.8 Å². The van der Waals surface area contributed by atoms with E-state index >= 15 is 0 Å². The van der Waals surface area contributed by atoms with Gasteiger partial charge in [0.05, 0.1) is 37.3 Å². The second kappa shape index (κ2) is 39.9. The number of thiazole rings is 1. The van der Waals surface area contributed by atoms with E-state index in [9.17, 15) is 48.6 Å². The molecule has 5 N–H and O–H groups in total. The van der Waals surface area contributed by atoms with Gasteiger partial charge in [0, 0.05) is 48.3 Å². The number of aliphatic hydroxyl groups excluding tert-OH is 2. The van der Waals surface area contributed by atoms with Crippen molar-refractivity contribution in [2.24, 2.45) is 10.9 Å². The van der Waals surface area contributed by atoms with Gasteiger partial charge in [-0.3, -0.25) is 34.0 Å². The predicted octanol–water partition coefficient (Wildman–Crippen LogP) is 12.5. The number of carboxylic acids is 1. The molecule has 3 aliphatic heterocycles. The maximum atomic E-state index is 12.6. The Kier molecular flexibility index (Phi) is 33.1. The highest BCUT2D eigenvalue weighted by Gasteiger charge is 2.40. The minimum atomic E-state index is -1.10. The number of rotatable bonds is 23. The maximum Gasteiger partial charge on any atom is 0.408 e. The standard InChI is InChI=1S/C26H29NO5.C15H17NO2S2.C14H19N3O4S2.C12H13NOS2.C6H10O2/c1-5-18(14-17(4)28)32-25(29)24(16(2)3)27-26(30)31-15-23-21-12-8-6-10-19(21)20-11-7-9-13-22(20)23;1-2-13(17)9-14(18)16-12(10-20-15(16)19)8-11-6-4-3-5-7-11;1-13(2,3)21-12(20)15-5-9-16-8(6-22-9)10-17-14(4,7-23-10)11(18)19;1-9(14)13-11(8-16-12(13)15)7-10-5-3-2-4-6-10;1-3-6(8)4-5(2)7/h5-13,16,18,23-24H,1,14-15H2,2-4H3,(H,27,30);2-7,12-13,17H,1,8-10H2;6H,5,7H2,1-4H3,(H,15,20)(H,18,19);2-6,11H,7-8H2,1H3;3,6,8H,1,4H2,2H3/t18-,24?;12-,13-;14-;11-;6-/m11111/s1. The van der Waals surface area contributed by atoms with Crippen molar-refractivity contribution in [1.29, 1.82) is 0 Å². The number of ketones is 2. The van der Waals surface area contributed by atoms with Crippen LogP contribution in [0.3, 0.4) is 0 Å². The Balaban J connectivity index is 0.000000235. The Morgan fingerprint density at radius 3 is 1.68 bits per heavy atom. The van der Waals surface area contributed by atoms with Crippen molar-refractivity contribution in [3.63, 3.8) is 0 Å². The van der Waals surface area contributed by atoms with Gasteiger partial charge >= 0.3 is 24.1 Å². The van der Waals surface area contributed by atoms with Crippen LogP contribution < -0.4 is 10.6 Å². The molecule has 2 saturated heterocycles. The van der Waals surface area contributed by atoms with E-state index in [1.54, 1.807) is 70.0 Å². The maximum absolute atomic E-state index is 12.6. The molecule has 9 rings (SSSR count). The molecule has 0 radical (unpaired) electrons. The highest BCUT2D eigenvalue weighted by Crippen LogP contribution is 2.44. The van der Waals surface area contributed by atoms with Gasteiger partial charge in [-0.25, -0.2) is 24.2 Å². The molecule has 7 atom stereocenters. The van der Waals surface area contributed by atoms with Crippen LogP contribution in [0.1, 0.15) is 120 Å². The summed E-state index contributed by atoms with van der Waals surface area (Å²) in [7, 11) is 0. The van der Waals surface area contributed by atoms with Gasteiger partial charge < -0.3 is 40.2 Å². The number of thioether (sulfide) groups is 3. The van der Waals surface area contributed by atoms with E-state index in [1.165, 1.54) is 78.1 Å². The number of aliphatic carboxylic acids is 1. The molecule has 2 fully saturated rings. The zero-order valence-electron chi connectivity index (χ0n) is 57.1. The molecule has 0 saturated carbocycles. The van der Waals surface area contributed by atoms with Crippen LogP contribution in [-0.2, 0) is 62.4 Å². The summed E-state index contributed by atoms with van der Waals surface area (Å²) in [6, 6.07) is 35.8. The summed E-state index contributed by atoms with van der Waals surface area (Å²) in [5.74, 6) is 0.0261. The molecule has 4 aromatic carbocycles. The fraction of sp³-hybridized carbons (Fsp3) is 0.397. The van der Waals surface area contributed by atoms with Crippen LogP contribution in [0, 0.1) is 5.92 Å². The smallest absolute Gasteiger partial charge is 0.408 e. The highest BCUT2D eigenvalue weighted by atomic mass is 32.2. The number of esters is 1. The topological polar surface area (TPSA) is 281 Å². The van der Waals surface area contributed by atoms with Crippen LogP contribution in [0.15, 0.2) is 158 Å². The largest absolute Gasteiger partial charge is 0.479 e. The lowest BCUT2D eigenvalue weighted by atomic mass is 9.98. The van der Waals surface area contributed by atoms with E-state index in [0.29, 0.717) is 30.1 Å². The molecule has 99 heavy (non-hydrogen) atoms. The molecule has 4 aliphatic rings. The van der Waals surface area contributed by atoms with Crippen LogP contribution in [0.5, 0.6) is 0 Å². The number of alkyl carbamates (subject to hydrolysis) is 2. The molecule has 26 heteroatoms. The molecule has 20 nitrogen and oxygen atoms in total. The van der Waals surface area contributed by atoms with Gasteiger partial charge in [-0.1, -0.05) is 196 Å². The Labute approximate surface area is 607 Å². The summed E-state index contributed by atoms with van der Waals surface area (Å²) >= 11 is 16.3. The van der Waals surface area contributed by atoms with Gasteiger partial charge in [0.15, 0.2) is 5.54 Å². The van der Waals surface area contributed by atoms with Crippen molar-refractivity contribution < 1.29 is 67.9 Å². The molecule has 5 aromatic rings. The van der Waals surface area contributed by atoms with Crippen molar-refractivity contribution in [3.8, 4) is 11.1 Å². The number of fused-ring (bicyclic) bond motifs is 3. The zero-order valence-corrected chi connectivity index (χ0v) is 62.0. The first kappa shape index (κ1) is 82.0. The third-order valence-electron chi connectivity index (χ3n) is 15.0. The number of benzene rings is 4. The Morgan fingerprint density at radius 1 is 0.707 bits per heavy atom. The summed E-state index contributed by atoms with van der Waals surface area (Å²) < 4.78 is 17.4. The molecular formula is C73H88N6O14S6. The lowest BCUT2D eigenvalue weighted by Crippen LogP contribution is -2.46. The molecule has 1 aromatic heterocycles. The highest BCUT2D eigenvalue weighted by molar-refractivity contribution is 8.23. The Bertz CT molecular complexity index is 3650. The number of aliphatic hydroxyl groups is 2. The number of aromatic nitrogens is 1. The minimum Gasteiger partial charge on any atom is -0.479 e. The van der Waals surface area contributed by atoms with Gasteiger partial charge in [-0.15, -0.1) is 36.3 Å². The minimum absolute atomic E-state index is 0.0163. The number of carbonyl (C=O) groups excluding carboxylic acids is 7. The number of carboxylic acid groups (broad SMARTS) is 1. The first-order valence-electron chi connectivity index (χ1n) is 31.8. The normalized spacial score (nSPS) is 17.8. The first-order valence-corrected chi connectivity index (χ1v) is 36.5. The fourth-order valence-corrected chi connectivity index (χ4v) is 14.9. The molecule has 1 aliphatic carbocycles. The van der Waals surface area contributed by atoms with E-state index in [0.717, 1.165) is 46.6 Å². The summed E-state index contributed by atoms with van der Waals surface area (Å²) in [5, 5.41) is 35.8. The van der Waals surface area contributed by atoms with Crippen molar-refractivity contribution >= 4 is 132 Å². The number of thiocarbonyl (C=S) groups is 2. The number of hydrogen-bond donors (Lipinski definition) is 5. The summed E-state index contributed by atoms with van der Waals surface area (Å²) in [6.07, 6.45) is 2.67. The molecule has 530 valence electrons. The molecule has 1 unspecified atom stereocenters. The van der Waals surface area contributed by atoms with Crippen molar-refractivity contribution in [2.75, 3.05) is 23.9 Å². The summed E-state index contributed by atoms with van der Waals surface area (Å²) in [6.45, 7) is 25.8. The number of aliphatic imine (C=N–C) groups is 1. The SMILES string of the molecule is C=C[C@@H](O)CC(=O)N1C(=S)SC[C@H]1Cc1ccccc1.C=C[C@@H](O)CC(C)=O.C=C[C@H](CC(C)=O)OC(=O)C(NC(=O)OCC1c2ccccc2-c2ccccc21)C(C)C.CC(=O)N1C(=S)SC[C@H]1Cc1ccccc1.CC(C)(C)OC(=O)NCc1nc(C2=N[C@@](C)(C(=O)O)CS2)cs1. The summed E-state index contributed by atoms with van der Waals surface area (Å²) in [5.41, 5.74) is 5.94. The van der Waals surface area contributed by atoms with Crippen LogP contribution in [-0.4, -0.2) is 163 Å². The molecule has 0 bridgehead atoms. The Morgan fingerprint density at radius 2 is 1.21 bits per heavy atom. The van der Waals surface area contributed by atoms with Crippen LogP contribution in [0.25, 0.3) is 11.1 Å². The van der Waals surface area contributed by atoms with Crippen LogP contribution in [0.4, 0.5) is 9.59 Å². The van der Waals surface area contributed by atoms with Crippen molar-refractivity contribution in [3.05, 3.63) is 185 Å². The van der Waals surface area contributed by atoms with E-state index in [1.807, 2.05) is 90.3 Å². The van der Waals surface area contributed by atoms with Gasteiger partial charge in [-0.05, 0) is 93.7 Å². The number of amides is 4. The fourth-order valence-electron chi connectivity index (χ4n) is 10.1. The molecular weight excluding hydrogens is 1380 g/mol. The van der Waals surface area contributed by atoms with Crippen molar-refractivity contribution in [1.82, 2.24) is 25.4 Å². The number of nitrogens with one attached hydrogen (secondary N) is 2. The van der Waals surface area contributed by atoms with Crippen molar-refractivity contribution in [2.45, 2.75) is 154 Å². The summed E-state index contributed by atoms with van der Waals surface area (Å²) in [4.78, 5) is 105. The average Bonchev–Trinajstić information content (AvgIpc) is 1.63. The van der Waals surface area contributed by atoms with E-state index < -0.39 is 59.6 Å².